The van der Waals surface area contributed by atoms with Crippen LogP contribution in [-0.2, 0) is 6.42 Å². The number of amides is 1. The number of carbonyl (C=O) groups is 1. The molecule has 4 rings (SSSR count). The summed E-state index contributed by atoms with van der Waals surface area (Å²) >= 11 is 1.42. The highest BCUT2D eigenvalue weighted by Crippen LogP contribution is 2.24. The van der Waals surface area contributed by atoms with Crippen LogP contribution < -0.4 is 5.32 Å². The molecule has 0 saturated heterocycles. The zero-order valence-corrected chi connectivity index (χ0v) is 15.4. The average molecular weight is 376 g/mol. The molecule has 0 fully saturated rings. The van der Waals surface area contributed by atoms with Gasteiger partial charge in [-0.2, -0.15) is 0 Å². The summed E-state index contributed by atoms with van der Waals surface area (Å²) in [6.45, 7) is 1.86. The van der Waals surface area contributed by atoms with Crippen LogP contribution in [0.3, 0.4) is 0 Å². The maximum absolute atomic E-state index is 12.7. The van der Waals surface area contributed by atoms with E-state index in [4.69, 9.17) is 4.42 Å². The molecule has 6 nitrogen and oxygen atoms in total. The second-order valence-electron chi connectivity index (χ2n) is 5.96. The van der Waals surface area contributed by atoms with Gasteiger partial charge in [-0.3, -0.25) is 4.79 Å². The van der Waals surface area contributed by atoms with Gasteiger partial charge in [0.05, 0.1) is 10.7 Å². The molecule has 0 atom stereocenters. The summed E-state index contributed by atoms with van der Waals surface area (Å²) in [7, 11) is 0. The second-order valence-corrected chi connectivity index (χ2v) is 7.05. The first kappa shape index (κ1) is 17.1. The van der Waals surface area contributed by atoms with E-state index < -0.39 is 0 Å². The minimum Gasteiger partial charge on any atom is -0.423 e. The predicted molar refractivity (Wildman–Crippen MR) is 104 cm³/mol. The molecule has 1 N–H and O–H groups in total. The van der Waals surface area contributed by atoms with Gasteiger partial charge in [0.25, 0.3) is 5.91 Å². The Morgan fingerprint density at radius 2 is 2.00 bits per heavy atom. The molecular formula is C20H16N4O2S. The first-order chi connectivity index (χ1) is 13.2. The molecule has 1 amide bonds. The van der Waals surface area contributed by atoms with Crippen LogP contribution in [0.1, 0.15) is 25.9 Å². The van der Waals surface area contributed by atoms with Gasteiger partial charge in [-0.15, -0.1) is 21.5 Å². The van der Waals surface area contributed by atoms with E-state index in [1.165, 1.54) is 23.3 Å². The van der Waals surface area contributed by atoms with Gasteiger partial charge in [0.2, 0.25) is 12.3 Å². The van der Waals surface area contributed by atoms with Gasteiger partial charge < -0.3 is 9.73 Å². The molecule has 0 bridgehead atoms. The van der Waals surface area contributed by atoms with Crippen LogP contribution in [0.2, 0.25) is 0 Å². The molecule has 4 aromatic rings. The minimum absolute atomic E-state index is 0.174. The molecule has 2 aromatic heterocycles. The fraction of sp³-hybridized carbons (Fsp3) is 0.100. The largest absolute Gasteiger partial charge is 0.423 e. The number of aryl methyl sites for hydroxylation is 1. The molecule has 2 aromatic carbocycles. The Bertz CT molecular complexity index is 1060. The van der Waals surface area contributed by atoms with Crippen molar-refractivity contribution in [3.63, 3.8) is 0 Å². The van der Waals surface area contributed by atoms with Crippen molar-refractivity contribution in [1.29, 1.82) is 0 Å². The Balaban J connectivity index is 1.51. The third kappa shape index (κ3) is 3.93. The zero-order chi connectivity index (χ0) is 18.6. The summed E-state index contributed by atoms with van der Waals surface area (Å²) in [6.07, 6.45) is 1.99. The number of nitrogens with one attached hydrogen (secondary N) is 1. The summed E-state index contributed by atoms with van der Waals surface area (Å²) in [4.78, 5) is 17.9. The smallest absolute Gasteiger partial charge is 0.267 e. The number of hydrogen-bond donors (Lipinski definition) is 1. The first-order valence-corrected chi connectivity index (χ1v) is 9.19. The normalized spacial score (nSPS) is 10.7. The molecule has 134 valence electrons. The lowest BCUT2D eigenvalue weighted by Gasteiger charge is -2.05. The van der Waals surface area contributed by atoms with Crippen LogP contribution in [0.4, 0.5) is 5.69 Å². The van der Waals surface area contributed by atoms with E-state index in [1.807, 2.05) is 43.3 Å². The molecule has 0 aliphatic heterocycles. The number of rotatable bonds is 5. The predicted octanol–water partition coefficient (Wildman–Crippen LogP) is 4.34. The highest BCUT2D eigenvalue weighted by atomic mass is 32.1. The fourth-order valence-corrected chi connectivity index (χ4v) is 3.72. The Labute approximate surface area is 159 Å². The minimum atomic E-state index is -0.174. The Morgan fingerprint density at radius 1 is 1.15 bits per heavy atom. The number of nitrogens with zero attached hydrogens (tertiary/aromatic N) is 3. The fourth-order valence-electron chi connectivity index (χ4n) is 2.73. The lowest BCUT2D eigenvalue weighted by Crippen LogP contribution is -2.11. The summed E-state index contributed by atoms with van der Waals surface area (Å²) in [5.41, 5.74) is 3.31. The van der Waals surface area contributed by atoms with Crippen LogP contribution in [0.25, 0.3) is 11.5 Å². The SMILES string of the molecule is Cc1nc(Cc2ccccc2)sc1C(=O)Nc1cccc(-c2nnco2)c1. The monoisotopic (exact) mass is 376 g/mol. The van der Waals surface area contributed by atoms with Crippen LogP contribution in [0, 0.1) is 6.92 Å². The van der Waals surface area contributed by atoms with E-state index in [9.17, 15) is 4.79 Å². The second kappa shape index (κ2) is 7.51. The van der Waals surface area contributed by atoms with Crippen molar-refractivity contribution < 1.29 is 9.21 Å². The summed E-state index contributed by atoms with van der Waals surface area (Å²) in [5.74, 6) is 0.234. The van der Waals surface area contributed by atoms with Crippen LogP contribution >= 0.6 is 11.3 Å². The molecule has 0 aliphatic carbocycles. The molecule has 7 heteroatoms. The molecular weight excluding hydrogens is 360 g/mol. The van der Waals surface area contributed by atoms with Gasteiger partial charge >= 0.3 is 0 Å². The van der Waals surface area contributed by atoms with E-state index in [-0.39, 0.29) is 5.91 Å². The van der Waals surface area contributed by atoms with Gasteiger partial charge in [0.1, 0.15) is 4.88 Å². The van der Waals surface area contributed by atoms with Crippen LogP contribution in [-0.4, -0.2) is 21.1 Å². The number of benzene rings is 2. The summed E-state index contributed by atoms with van der Waals surface area (Å²) < 4.78 is 5.20. The van der Waals surface area contributed by atoms with Gasteiger partial charge in [-0.05, 0) is 30.7 Å². The lowest BCUT2D eigenvalue weighted by molar-refractivity contribution is 0.103. The molecule has 0 aliphatic rings. The number of anilines is 1. The maximum atomic E-state index is 12.7. The number of aromatic nitrogens is 3. The standard InChI is InChI=1S/C20H16N4O2S/c1-13-18(27-17(22-13)10-14-6-3-2-4-7-14)19(25)23-16-9-5-8-15(11-16)20-24-21-12-26-20/h2-9,11-12H,10H2,1H3,(H,23,25). The quantitative estimate of drug-likeness (QED) is 0.560. The van der Waals surface area contributed by atoms with Crippen molar-refractivity contribution in [2.45, 2.75) is 13.3 Å². The van der Waals surface area contributed by atoms with E-state index in [2.05, 4.69) is 32.6 Å². The van der Waals surface area contributed by atoms with Crippen molar-refractivity contribution in [3.8, 4) is 11.5 Å². The number of carbonyl (C=O) groups excluding carboxylic acids is 1. The highest BCUT2D eigenvalue weighted by molar-refractivity contribution is 7.14. The molecule has 0 spiro atoms. The molecule has 0 unspecified atom stereocenters. The Hall–Kier alpha value is -3.32. The maximum Gasteiger partial charge on any atom is 0.267 e. The van der Waals surface area contributed by atoms with Crippen LogP contribution in [0.15, 0.2) is 65.4 Å². The van der Waals surface area contributed by atoms with Gasteiger partial charge in [-0.25, -0.2) is 4.98 Å². The van der Waals surface area contributed by atoms with Crippen molar-refractivity contribution in [2.75, 3.05) is 5.32 Å². The molecule has 0 radical (unpaired) electrons. The average Bonchev–Trinajstić information content (AvgIpc) is 3.33. The van der Waals surface area contributed by atoms with Crippen molar-refractivity contribution >= 4 is 22.9 Å². The molecule has 27 heavy (non-hydrogen) atoms. The Kier molecular flexibility index (Phi) is 4.76. The van der Waals surface area contributed by atoms with E-state index >= 15 is 0 Å². The topological polar surface area (TPSA) is 80.9 Å². The van der Waals surface area contributed by atoms with E-state index in [1.54, 1.807) is 6.07 Å². The molecule has 2 heterocycles. The van der Waals surface area contributed by atoms with Crippen molar-refractivity contribution in [3.05, 3.63) is 82.1 Å². The third-order valence-electron chi connectivity index (χ3n) is 3.97. The van der Waals surface area contributed by atoms with Crippen LogP contribution in [0.5, 0.6) is 0 Å². The van der Waals surface area contributed by atoms with Gasteiger partial charge in [0.15, 0.2) is 0 Å². The molecule has 0 saturated carbocycles. The highest BCUT2D eigenvalue weighted by Gasteiger charge is 2.16. The van der Waals surface area contributed by atoms with Crippen molar-refractivity contribution in [2.24, 2.45) is 0 Å². The third-order valence-corrected chi connectivity index (χ3v) is 5.13. The van der Waals surface area contributed by atoms with Crippen molar-refractivity contribution in [1.82, 2.24) is 15.2 Å². The summed E-state index contributed by atoms with van der Waals surface area (Å²) in [6, 6.07) is 17.4. The number of hydrogen-bond acceptors (Lipinski definition) is 6. The number of thiazole rings is 1. The van der Waals surface area contributed by atoms with E-state index in [0.717, 1.165) is 16.3 Å². The van der Waals surface area contributed by atoms with Gasteiger partial charge in [-0.1, -0.05) is 36.4 Å². The first-order valence-electron chi connectivity index (χ1n) is 8.37. The summed E-state index contributed by atoms with van der Waals surface area (Å²) in [5, 5.41) is 11.4. The zero-order valence-electron chi connectivity index (χ0n) is 14.5. The Morgan fingerprint density at radius 3 is 2.78 bits per heavy atom. The van der Waals surface area contributed by atoms with E-state index in [0.29, 0.717) is 22.9 Å². The lowest BCUT2D eigenvalue weighted by atomic mass is 10.2. The van der Waals surface area contributed by atoms with Gasteiger partial charge in [0, 0.05) is 17.7 Å².